The summed E-state index contributed by atoms with van der Waals surface area (Å²) in [6.45, 7) is -2.73. The first-order chi connectivity index (χ1) is 12.3. The van der Waals surface area contributed by atoms with Gasteiger partial charge in [0.2, 0.25) is 0 Å². The average Bonchev–Trinajstić information content (AvgIpc) is 2.61. The van der Waals surface area contributed by atoms with E-state index in [0.717, 1.165) is 0 Å². The third-order valence-electron chi connectivity index (χ3n) is 3.60. The predicted molar refractivity (Wildman–Crippen MR) is 93.4 cm³/mol. The summed E-state index contributed by atoms with van der Waals surface area (Å²) in [5, 5.41) is 0.415. The highest BCUT2D eigenvalue weighted by atomic mass is 35.5. The normalized spacial score (nSPS) is 10.6. The van der Waals surface area contributed by atoms with Crippen molar-refractivity contribution in [3.05, 3.63) is 52.5 Å². The van der Waals surface area contributed by atoms with Crippen LogP contribution < -0.4 is 14.2 Å². The van der Waals surface area contributed by atoms with Gasteiger partial charge in [0, 0.05) is 18.6 Å². The molecule has 0 aliphatic heterocycles. The van der Waals surface area contributed by atoms with E-state index < -0.39 is 6.61 Å². The number of hydrogen-bond donors (Lipinski definition) is 0. The van der Waals surface area contributed by atoms with E-state index in [2.05, 4.69) is 4.74 Å². The predicted octanol–water partition coefficient (Wildman–Crippen LogP) is 4.23. The topological polar surface area (TPSA) is 48.0 Å². The van der Waals surface area contributed by atoms with Crippen LogP contribution in [0.3, 0.4) is 0 Å². The van der Waals surface area contributed by atoms with Crippen LogP contribution in [0, 0.1) is 0 Å². The zero-order chi connectivity index (χ0) is 19.3. The van der Waals surface area contributed by atoms with Gasteiger partial charge in [0.15, 0.2) is 11.5 Å². The Hall–Kier alpha value is -2.54. The molecule has 2 aromatic carbocycles. The van der Waals surface area contributed by atoms with Crippen molar-refractivity contribution >= 4 is 17.5 Å². The highest BCUT2D eigenvalue weighted by Crippen LogP contribution is 2.30. The molecule has 0 fully saturated rings. The number of carbonyl (C=O) groups is 1. The molecule has 140 valence electrons. The minimum absolute atomic E-state index is 0.0725. The van der Waals surface area contributed by atoms with Crippen LogP contribution in [0.4, 0.5) is 8.78 Å². The Bertz CT molecular complexity index is 786. The summed E-state index contributed by atoms with van der Waals surface area (Å²) < 4.78 is 39.4. The molecular formula is C18H18ClF2NO4. The molecule has 0 aromatic heterocycles. The van der Waals surface area contributed by atoms with Crippen molar-refractivity contribution in [2.75, 3.05) is 21.3 Å². The van der Waals surface area contributed by atoms with Gasteiger partial charge >= 0.3 is 6.61 Å². The van der Waals surface area contributed by atoms with Crippen LogP contribution in [0.5, 0.6) is 17.2 Å². The molecule has 8 heteroatoms. The maximum Gasteiger partial charge on any atom is 0.387 e. The molecule has 2 aromatic rings. The molecule has 1 amide bonds. The summed E-state index contributed by atoms with van der Waals surface area (Å²) in [6.07, 6.45) is 0. The zero-order valence-corrected chi connectivity index (χ0v) is 15.2. The van der Waals surface area contributed by atoms with Crippen molar-refractivity contribution in [2.45, 2.75) is 13.2 Å². The monoisotopic (exact) mass is 385 g/mol. The highest BCUT2D eigenvalue weighted by molar-refractivity contribution is 6.31. The molecule has 5 nitrogen and oxygen atoms in total. The fourth-order valence-electron chi connectivity index (χ4n) is 2.40. The molecule has 2 rings (SSSR count). The van der Waals surface area contributed by atoms with E-state index in [-0.39, 0.29) is 24.0 Å². The molecule has 0 saturated heterocycles. The van der Waals surface area contributed by atoms with E-state index in [1.165, 1.54) is 37.3 Å². The van der Waals surface area contributed by atoms with Gasteiger partial charge in [0.1, 0.15) is 5.75 Å². The lowest BCUT2D eigenvalue weighted by atomic mass is 10.1. The van der Waals surface area contributed by atoms with E-state index in [1.54, 1.807) is 25.2 Å². The van der Waals surface area contributed by atoms with Crippen molar-refractivity contribution in [1.29, 1.82) is 0 Å². The smallest absolute Gasteiger partial charge is 0.387 e. The number of ether oxygens (including phenoxy) is 3. The van der Waals surface area contributed by atoms with Crippen molar-refractivity contribution in [2.24, 2.45) is 0 Å². The first kappa shape index (κ1) is 19.8. The summed E-state index contributed by atoms with van der Waals surface area (Å²) in [7, 11) is 4.43. The number of methoxy groups -OCH3 is 2. The Morgan fingerprint density at radius 1 is 1.08 bits per heavy atom. The molecule has 0 spiro atoms. The number of alkyl halides is 2. The van der Waals surface area contributed by atoms with Crippen molar-refractivity contribution in [1.82, 2.24) is 4.90 Å². The highest BCUT2D eigenvalue weighted by Gasteiger charge is 2.18. The minimum Gasteiger partial charge on any atom is -0.496 e. The molecule has 0 aliphatic rings. The Kier molecular flexibility index (Phi) is 6.63. The third kappa shape index (κ3) is 4.76. The van der Waals surface area contributed by atoms with Gasteiger partial charge in [-0.25, -0.2) is 0 Å². The second-order valence-electron chi connectivity index (χ2n) is 5.37. The Morgan fingerprint density at radius 3 is 2.35 bits per heavy atom. The van der Waals surface area contributed by atoms with E-state index >= 15 is 0 Å². The third-order valence-corrected chi connectivity index (χ3v) is 3.84. The van der Waals surface area contributed by atoms with Crippen molar-refractivity contribution < 1.29 is 27.8 Å². The van der Waals surface area contributed by atoms with Gasteiger partial charge in [-0.3, -0.25) is 4.79 Å². The second kappa shape index (κ2) is 8.71. The molecule has 0 atom stereocenters. The van der Waals surface area contributed by atoms with Gasteiger partial charge in [-0.1, -0.05) is 17.7 Å². The summed E-state index contributed by atoms with van der Waals surface area (Å²) in [5.41, 5.74) is 1.01. The lowest BCUT2D eigenvalue weighted by Gasteiger charge is -2.20. The van der Waals surface area contributed by atoms with Gasteiger partial charge in [-0.2, -0.15) is 8.78 Å². The average molecular weight is 386 g/mol. The molecule has 0 aliphatic carbocycles. The zero-order valence-electron chi connectivity index (χ0n) is 14.5. The Balaban J connectivity index is 2.20. The Morgan fingerprint density at radius 2 is 1.73 bits per heavy atom. The van der Waals surface area contributed by atoms with E-state index in [1.807, 2.05) is 0 Å². The fraction of sp³-hybridized carbons (Fsp3) is 0.278. The molecule has 0 bridgehead atoms. The Labute approximate surface area is 155 Å². The van der Waals surface area contributed by atoms with E-state index in [9.17, 15) is 13.6 Å². The van der Waals surface area contributed by atoms with Gasteiger partial charge < -0.3 is 19.1 Å². The van der Waals surface area contributed by atoms with Crippen LogP contribution >= 0.6 is 11.6 Å². The standard InChI is InChI=1S/C18H18ClF2NO4/c1-22(17(23)13-9-12(19)5-7-14(13)24-2)10-11-4-6-15(26-18(20)21)16(8-11)25-3/h4-9,18H,10H2,1-3H3. The van der Waals surface area contributed by atoms with Gasteiger partial charge in [-0.15, -0.1) is 0 Å². The van der Waals surface area contributed by atoms with Crippen LogP contribution in [0.15, 0.2) is 36.4 Å². The molecule has 0 N–H and O–H groups in total. The van der Waals surface area contributed by atoms with Crippen LogP contribution in [-0.4, -0.2) is 38.7 Å². The number of rotatable bonds is 7. The largest absolute Gasteiger partial charge is 0.496 e. The van der Waals surface area contributed by atoms with E-state index in [0.29, 0.717) is 21.9 Å². The second-order valence-corrected chi connectivity index (χ2v) is 5.81. The van der Waals surface area contributed by atoms with Gasteiger partial charge in [0.05, 0.1) is 19.8 Å². The number of nitrogens with zero attached hydrogens (tertiary/aromatic N) is 1. The number of amides is 1. The summed E-state index contributed by atoms with van der Waals surface area (Å²) in [6, 6.07) is 9.26. The molecule has 0 unspecified atom stereocenters. The lowest BCUT2D eigenvalue weighted by Crippen LogP contribution is -2.26. The fourth-order valence-corrected chi connectivity index (χ4v) is 2.57. The minimum atomic E-state index is -2.95. The van der Waals surface area contributed by atoms with E-state index in [4.69, 9.17) is 21.1 Å². The number of benzene rings is 2. The SMILES string of the molecule is COc1cc(CN(C)C(=O)c2cc(Cl)ccc2OC)ccc1OC(F)F. The maximum absolute atomic E-state index is 12.7. The molecule has 0 radical (unpaired) electrons. The quantitative estimate of drug-likeness (QED) is 0.715. The summed E-state index contributed by atoms with van der Waals surface area (Å²) in [5.74, 6) is 0.196. The van der Waals surface area contributed by atoms with Gasteiger partial charge in [0.25, 0.3) is 5.91 Å². The summed E-state index contributed by atoms with van der Waals surface area (Å²) in [4.78, 5) is 14.1. The van der Waals surface area contributed by atoms with Crippen LogP contribution in [-0.2, 0) is 6.54 Å². The van der Waals surface area contributed by atoms with Gasteiger partial charge in [-0.05, 0) is 35.9 Å². The van der Waals surface area contributed by atoms with Crippen molar-refractivity contribution in [3.8, 4) is 17.2 Å². The van der Waals surface area contributed by atoms with Crippen LogP contribution in [0.1, 0.15) is 15.9 Å². The van der Waals surface area contributed by atoms with Crippen LogP contribution in [0.2, 0.25) is 5.02 Å². The molecular weight excluding hydrogens is 368 g/mol. The lowest BCUT2D eigenvalue weighted by molar-refractivity contribution is -0.0512. The maximum atomic E-state index is 12.7. The molecule has 0 saturated carbocycles. The number of halogens is 3. The molecule has 0 heterocycles. The van der Waals surface area contributed by atoms with Crippen molar-refractivity contribution in [3.63, 3.8) is 0 Å². The first-order valence-electron chi connectivity index (χ1n) is 7.56. The number of carbonyl (C=O) groups excluding carboxylic acids is 1. The van der Waals surface area contributed by atoms with Crippen LogP contribution in [0.25, 0.3) is 0 Å². The summed E-state index contributed by atoms with van der Waals surface area (Å²) >= 11 is 5.96. The number of hydrogen-bond acceptors (Lipinski definition) is 4. The molecule has 26 heavy (non-hydrogen) atoms. The first-order valence-corrected chi connectivity index (χ1v) is 7.94.